The Morgan fingerprint density at radius 2 is 2.05 bits per heavy atom. The van der Waals surface area contributed by atoms with E-state index in [1.165, 1.54) is 30.4 Å². The molecule has 19 heavy (non-hydrogen) atoms. The van der Waals surface area contributed by atoms with Crippen LogP contribution in [0.3, 0.4) is 0 Å². The highest BCUT2D eigenvalue weighted by molar-refractivity contribution is 6.08. The molecule has 0 saturated carbocycles. The summed E-state index contributed by atoms with van der Waals surface area (Å²) < 4.78 is 0. The lowest BCUT2D eigenvalue weighted by Crippen LogP contribution is -2.24. The first-order valence-corrected chi connectivity index (χ1v) is 7.51. The van der Waals surface area contributed by atoms with Crippen molar-refractivity contribution in [2.45, 2.75) is 59.2 Å². The molecule has 2 aliphatic carbocycles. The molecule has 0 aromatic carbocycles. The van der Waals surface area contributed by atoms with Gasteiger partial charge < -0.3 is 0 Å². The van der Waals surface area contributed by atoms with Gasteiger partial charge in [0.25, 0.3) is 0 Å². The standard InChI is InChI=1S/C18H25B/c1-14-13-16(8-6-12-19)9-10-17(14)18(3)11-5-4-7-15(18)2/h4-5,7,13H,6,8-12H2,1-3H3. The van der Waals surface area contributed by atoms with Crippen molar-refractivity contribution < 1.29 is 0 Å². The lowest BCUT2D eigenvalue weighted by atomic mass is 9.67. The van der Waals surface area contributed by atoms with E-state index in [9.17, 15) is 0 Å². The maximum atomic E-state index is 5.61. The molecule has 2 aliphatic rings. The Morgan fingerprint density at radius 1 is 1.26 bits per heavy atom. The highest BCUT2D eigenvalue weighted by Crippen LogP contribution is 2.46. The molecular weight excluding hydrogens is 227 g/mol. The van der Waals surface area contributed by atoms with Crippen LogP contribution in [0.2, 0.25) is 6.32 Å². The predicted molar refractivity (Wildman–Crippen MR) is 85.4 cm³/mol. The van der Waals surface area contributed by atoms with E-state index in [-0.39, 0.29) is 5.41 Å². The largest absolute Gasteiger partial charge is 0.0884 e. The molecule has 1 heteroatoms. The first kappa shape index (κ1) is 14.4. The molecule has 0 aromatic rings. The van der Waals surface area contributed by atoms with Crippen molar-refractivity contribution in [1.82, 2.24) is 0 Å². The molecule has 100 valence electrons. The average Bonchev–Trinajstić information content (AvgIpc) is 2.40. The summed E-state index contributed by atoms with van der Waals surface area (Å²) >= 11 is 0. The molecule has 0 spiro atoms. The first-order valence-electron chi connectivity index (χ1n) is 7.51. The molecule has 0 amide bonds. The van der Waals surface area contributed by atoms with Crippen LogP contribution in [-0.4, -0.2) is 7.85 Å². The third-order valence-corrected chi connectivity index (χ3v) is 4.84. The first-order chi connectivity index (χ1) is 9.08. The van der Waals surface area contributed by atoms with Gasteiger partial charge in [-0.1, -0.05) is 66.3 Å². The fourth-order valence-electron chi connectivity index (χ4n) is 3.41. The van der Waals surface area contributed by atoms with Crippen LogP contribution in [0.25, 0.3) is 0 Å². The lowest BCUT2D eigenvalue weighted by Gasteiger charge is -2.37. The molecule has 1 unspecified atom stereocenters. The Morgan fingerprint density at radius 3 is 2.68 bits per heavy atom. The monoisotopic (exact) mass is 252 g/mol. The number of allylic oxidation sites excluding steroid dienone is 8. The van der Waals surface area contributed by atoms with Gasteiger partial charge in [0.05, 0.1) is 7.85 Å². The highest BCUT2D eigenvalue weighted by Gasteiger charge is 2.32. The van der Waals surface area contributed by atoms with Gasteiger partial charge in [-0.2, -0.15) is 0 Å². The van der Waals surface area contributed by atoms with Crippen molar-refractivity contribution in [2.75, 3.05) is 0 Å². The molecule has 0 nitrogen and oxygen atoms in total. The molecule has 0 bridgehead atoms. The van der Waals surface area contributed by atoms with Gasteiger partial charge in [0.1, 0.15) is 0 Å². The van der Waals surface area contributed by atoms with Crippen LogP contribution < -0.4 is 0 Å². The number of hydrogen-bond donors (Lipinski definition) is 0. The fraction of sp³-hybridized carbons (Fsp3) is 0.556. The van der Waals surface area contributed by atoms with Crippen LogP contribution in [0.1, 0.15) is 52.9 Å². The van der Waals surface area contributed by atoms with Crippen LogP contribution in [0.15, 0.2) is 46.6 Å². The van der Waals surface area contributed by atoms with Crippen LogP contribution in [0, 0.1) is 5.41 Å². The SMILES string of the molecule is [B]CCCC1=CC(C)=C(C2(C)CC=CC=C2C)CC1. The zero-order valence-corrected chi connectivity index (χ0v) is 12.6. The van der Waals surface area contributed by atoms with E-state index < -0.39 is 0 Å². The Balaban J connectivity index is 2.24. The van der Waals surface area contributed by atoms with Gasteiger partial charge in [-0.25, -0.2) is 0 Å². The minimum Gasteiger partial charge on any atom is -0.0884 e. The summed E-state index contributed by atoms with van der Waals surface area (Å²) in [5, 5.41) is 0. The summed E-state index contributed by atoms with van der Waals surface area (Å²) in [6.07, 6.45) is 15.9. The summed E-state index contributed by atoms with van der Waals surface area (Å²) in [6.45, 7) is 6.96. The summed E-state index contributed by atoms with van der Waals surface area (Å²) in [4.78, 5) is 0. The topological polar surface area (TPSA) is 0 Å². The van der Waals surface area contributed by atoms with E-state index in [1.807, 2.05) is 0 Å². The zero-order chi connectivity index (χ0) is 13.9. The Labute approximate surface area is 119 Å². The van der Waals surface area contributed by atoms with Crippen LogP contribution in [-0.2, 0) is 0 Å². The van der Waals surface area contributed by atoms with Gasteiger partial charge in [-0.15, -0.1) is 0 Å². The Bertz CT molecular complexity index is 462. The molecule has 0 aliphatic heterocycles. The molecule has 1 atom stereocenters. The molecule has 2 radical (unpaired) electrons. The van der Waals surface area contributed by atoms with Crippen LogP contribution in [0.5, 0.6) is 0 Å². The van der Waals surface area contributed by atoms with Crippen molar-refractivity contribution >= 4 is 7.85 Å². The molecular formula is C18H25B. The van der Waals surface area contributed by atoms with Crippen molar-refractivity contribution in [3.8, 4) is 0 Å². The van der Waals surface area contributed by atoms with Crippen molar-refractivity contribution in [1.29, 1.82) is 0 Å². The zero-order valence-electron chi connectivity index (χ0n) is 12.6. The number of rotatable bonds is 4. The van der Waals surface area contributed by atoms with Gasteiger partial charge >= 0.3 is 0 Å². The van der Waals surface area contributed by atoms with E-state index in [1.54, 1.807) is 11.1 Å². The lowest BCUT2D eigenvalue weighted by molar-refractivity contribution is 0.454. The van der Waals surface area contributed by atoms with E-state index >= 15 is 0 Å². The maximum Gasteiger partial charge on any atom is 0.0653 e. The van der Waals surface area contributed by atoms with Crippen LogP contribution >= 0.6 is 0 Å². The van der Waals surface area contributed by atoms with Gasteiger partial charge in [0.2, 0.25) is 0 Å². The second-order valence-electron chi connectivity index (χ2n) is 6.17. The van der Waals surface area contributed by atoms with Crippen LogP contribution in [0.4, 0.5) is 0 Å². The molecule has 0 aromatic heterocycles. The van der Waals surface area contributed by atoms with E-state index in [4.69, 9.17) is 7.85 Å². The van der Waals surface area contributed by atoms with Crippen molar-refractivity contribution in [3.63, 3.8) is 0 Å². The minimum absolute atomic E-state index is 0.245. The third kappa shape index (κ3) is 2.96. The molecule has 0 fully saturated rings. The van der Waals surface area contributed by atoms with Crippen molar-refractivity contribution in [3.05, 3.63) is 46.6 Å². The quantitative estimate of drug-likeness (QED) is 0.595. The minimum atomic E-state index is 0.245. The normalized spacial score (nSPS) is 27.3. The smallest absolute Gasteiger partial charge is 0.0653 e. The maximum absolute atomic E-state index is 5.61. The van der Waals surface area contributed by atoms with E-state index in [2.05, 4.69) is 45.1 Å². The third-order valence-electron chi connectivity index (χ3n) is 4.84. The Hall–Kier alpha value is -0.975. The average molecular weight is 252 g/mol. The summed E-state index contributed by atoms with van der Waals surface area (Å²) in [5.74, 6) is 0. The van der Waals surface area contributed by atoms with Crippen molar-refractivity contribution in [2.24, 2.45) is 5.41 Å². The second-order valence-corrected chi connectivity index (χ2v) is 6.17. The summed E-state index contributed by atoms with van der Waals surface area (Å²) in [7, 11) is 5.61. The molecule has 0 N–H and O–H groups in total. The molecule has 0 heterocycles. The van der Waals surface area contributed by atoms with Gasteiger partial charge in [0.15, 0.2) is 0 Å². The highest BCUT2D eigenvalue weighted by atomic mass is 14.4. The summed E-state index contributed by atoms with van der Waals surface area (Å²) in [5.41, 5.74) is 6.46. The molecule has 0 saturated heterocycles. The van der Waals surface area contributed by atoms with Gasteiger partial charge in [-0.3, -0.25) is 0 Å². The predicted octanol–water partition coefficient (Wildman–Crippen LogP) is 5.30. The number of hydrogen-bond acceptors (Lipinski definition) is 0. The second kappa shape index (κ2) is 5.99. The fourth-order valence-corrected chi connectivity index (χ4v) is 3.41. The van der Waals surface area contributed by atoms with Gasteiger partial charge in [0, 0.05) is 5.41 Å². The van der Waals surface area contributed by atoms with Gasteiger partial charge in [-0.05, 0) is 39.5 Å². The van der Waals surface area contributed by atoms with E-state index in [0.29, 0.717) is 0 Å². The van der Waals surface area contributed by atoms with E-state index in [0.717, 1.165) is 19.2 Å². The summed E-state index contributed by atoms with van der Waals surface area (Å²) in [6, 6.07) is 0. The Kier molecular flexibility index (Phi) is 4.55. The molecule has 2 rings (SSSR count).